The van der Waals surface area contributed by atoms with E-state index in [2.05, 4.69) is 0 Å². The van der Waals surface area contributed by atoms with Gasteiger partial charge in [-0.3, -0.25) is 4.79 Å². The van der Waals surface area contributed by atoms with Crippen LogP contribution in [0, 0.1) is 0 Å². The van der Waals surface area contributed by atoms with Crippen molar-refractivity contribution in [2.45, 2.75) is 6.42 Å². The number of hydrogen-bond acceptors (Lipinski definition) is 1. The number of carboxylic acid groups (broad SMARTS) is 1. The zero-order chi connectivity index (χ0) is 12.3. The highest BCUT2D eigenvalue weighted by atomic mass is 35.5. The summed E-state index contributed by atoms with van der Waals surface area (Å²) >= 11 is 5.99. The fourth-order valence-corrected chi connectivity index (χ4v) is 1.98. The quantitative estimate of drug-likeness (QED) is 0.898. The Morgan fingerprint density at radius 3 is 2.41 bits per heavy atom. The van der Waals surface area contributed by atoms with Gasteiger partial charge in [0.15, 0.2) is 0 Å². The molecule has 0 spiro atoms. The van der Waals surface area contributed by atoms with E-state index in [0.29, 0.717) is 10.6 Å². The van der Waals surface area contributed by atoms with Crippen LogP contribution >= 0.6 is 11.6 Å². The van der Waals surface area contributed by atoms with Gasteiger partial charge in [0.2, 0.25) is 0 Å². The Hall–Kier alpha value is -1.80. The lowest BCUT2D eigenvalue weighted by molar-refractivity contribution is -0.136. The lowest BCUT2D eigenvalue weighted by atomic mass is 10.0. The molecule has 0 saturated carbocycles. The van der Waals surface area contributed by atoms with Crippen LogP contribution in [0.2, 0.25) is 5.02 Å². The van der Waals surface area contributed by atoms with E-state index in [-0.39, 0.29) is 6.42 Å². The SMILES string of the molecule is O=C(O)Cc1cc(Cl)cc(-c2ccccc2)c1. The number of carboxylic acids is 1. The number of hydrogen-bond donors (Lipinski definition) is 1. The van der Waals surface area contributed by atoms with Crippen molar-refractivity contribution in [1.82, 2.24) is 0 Å². The summed E-state index contributed by atoms with van der Waals surface area (Å²) < 4.78 is 0. The first kappa shape index (κ1) is 11.7. The van der Waals surface area contributed by atoms with Crippen LogP contribution in [0.25, 0.3) is 11.1 Å². The van der Waals surface area contributed by atoms with Gasteiger partial charge < -0.3 is 5.11 Å². The van der Waals surface area contributed by atoms with E-state index >= 15 is 0 Å². The van der Waals surface area contributed by atoms with Gasteiger partial charge in [-0.15, -0.1) is 0 Å². The molecule has 0 fully saturated rings. The Morgan fingerprint density at radius 1 is 1.06 bits per heavy atom. The molecule has 0 heterocycles. The van der Waals surface area contributed by atoms with Crippen LogP contribution in [0.5, 0.6) is 0 Å². The summed E-state index contributed by atoms with van der Waals surface area (Å²) in [5, 5.41) is 9.33. The summed E-state index contributed by atoms with van der Waals surface area (Å²) in [7, 11) is 0. The van der Waals surface area contributed by atoms with Gasteiger partial charge in [-0.25, -0.2) is 0 Å². The monoisotopic (exact) mass is 246 g/mol. The average Bonchev–Trinajstić information content (AvgIpc) is 2.28. The molecule has 0 radical (unpaired) electrons. The summed E-state index contributed by atoms with van der Waals surface area (Å²) in [5.74, 6) is -0.855. The topological polar surface area (TPSA) is 37.3 Å². The lowest BCUT2D eigenvalue weighted by Gasteiger charge is -2.05. The normalized spacial score (nSPS) is 10.2. The Balaban J connectivity index is 2.42. The predicted molar refractivity (Wildman–Crippen MR) is 68.2 cm³/mol. The molecular weight excluding hydrogens is 236 g/mol. The minimum absolute atomic E-state index is 0.0135. The largest absolute Gasteiger partial charge is 0.481 e. The van der Waals surface area contributed by atoms with Crippen molar-refractivity contribution < 1.29 is 9.90 Å². The van der Waals surface area contributed by atoms with Crippen molar-refractivity contribution in [2.75, 3.05) is 0 Å². The van der Waals surface area contributed by atoms with Crippen molar-refractivity contribution >= 4 is 17.6 Å². The summed E-state index contributed by atoms with van der Waals surface area (Å²) in [4.78, 5) is 10.7. The summed E-state index contributed by atoms with van der Waals surface area (Å²) in [6.45, 7) is 0. The van der Waals surface area contributed by atoms with Crippen LogP contribution in [0.3, 0.4) is 0 Å². The van der Waals surface area contributed by atoms with Crippen molar-refractivity contribution in [3.05, 3.63) is 59.1 Å². The van der Waals surface area contributed by atoms with Crippen LogP contribution in [0.4, 0.5) is 0 Å². The fourth-order valence-electron chi connectivity index (χ4n) is 1.72. The van der Waals surface area contributed by atoms with Gasteiger partial charge >= 0.3 is 5.97 Å². The molecule has 1 N–H and O–H groups in total. The molecule has 0 saturated heterocycles. The Morgan fingerprint density at radius 2 is 1.76 bits per heavy atom. The molecular formula is C14H11ClO2. The number of benzene rings is 2. The molecule has 0 aromatic heterocycles. The minimum atomic E-state index is -0.855. The van der Waals surface area contributed by atoms with Crippen molar-refractivity contribution in [3.8, 4) is 11.1 Å². The maximum absolute atomic E-state index is 10.7. The molecule has 2 aromatic rings. The zero-order valence-electron chi connectivity index (χ0n) is 9.06. The highest BCUT2D eigenvalue weighted by Gasteiger charge is 2.05. The molecule has 0 atom stereocenters. The second-order valence-corrected chi connectivity index (χ2v) is 4.22. The molecule has 0 amide bonds. The number of carbonyl (C=O) groups is 1. The number of aliphatic carboxylic acids is 1. The summed E-state index contributed by atoms with van der Waals surface area (Å²) in [6, 6.07) is 15.1. The molecule has 17 heavy (non-hydrogen) atoms. The highest BCUT2D eigenvalue weighted by Crippen LogP contribution is 2.24. The van der Waals surface area contributed by atoms with E-state index in [1.165, 1.54) is 0 Å². The van der Waals surface area contributed by atoms with E-state index < -0.39 is 5.97 Å². The Kier molecular flexibility index (Phi) is 3.45. The minimum Gasteiger partial charge on any atom is -0.481 e. The predicted octanol–water partition coefficient (Wildman–Crippen LogP) is 3.63. The summed E-state index contributed by atoms with van der Waals surface area (Å²) in [6.07, 6.45) is -0.0135. The van der Waals surface area contributed by atoms with Crippen LogP contribution in [-0.4, -0.2) is 11.1 Å². The average molecular weight is 247 g/mol. The van der Waals surface area contributed by atoms with Crippen molar-refractivity contribution in [3.63, 3.8) is 0 Å². The number of halogens is 1. The molecule has 2 aromatic carbocycles. The third kappa shape index (κ3) is 3.08. The first-order valence-electron chi connectivity index (χ1n) is 5.22. The second kappa shape index (κ2) is 5.02. The molecule has 0 aliphatic rings. The maximum Gasteiger partial charge on any atom is 0.307 e. The first-order chi connectivity index (χ1) is 8.15. The van der Waals surface area contributed by atoms with E-state index in [1.807, 2.05) is 42.5 Å². The van der Waals surface area contributed by atoms with E-state index in [0.717, 1.165) is 11.1 Å². The molecule has 0 bridgehead atoms. The molecule has 3 heteroatoms. The molecule has 86 valence electrons. The third-order valence-corrected chi connectivity index (χ3v) is 2.64. The van der Waals surface area contributed by atoms with Gasteiger partial charge in [0.25, 0.3) is 0 Å². The highest BCUT2D eigenvalue weighted by molar-refractivity contribution is 6.31. The van der Waals surface area contributed by atoms with Gasteiger partial charge in [0, 0.05) is 5.02 Å². The molecule has 0 aliphatic carbocycles. The molecule has 0 aliphatic heterocycles. The lowest BCUT2D eigenvalue weighted by Crippen LogP contribution is -2.00. The van der Waals surface area contributed by atoms with Crippen molar-refractivity contribution in [2.24, 2.45) is 0 Å². The molecule has 2 nitrogen and oxygen atoms in total. The first-order valence-corrected chi connectivity index (χ1v) is 5.59. The van der Waals surface area contributed by atoms with Gasteiger partial charge in [-0.05, 0) is 28.8 Å². The Labute approximate surface area is 104 Å². The van der Waals surface area contributed by atoms with Gasteiger partial charge in [0.1, 0.15) is 0 Å². The Bertz CT molecular complexity index is 535. The van der Waals surface area contributed by atoms with Crippen LogP contribution in [0.15, 0.2) is 48.5 Å². The van der Waals surface area contributed by atoms with Crippen LogP contribution < -0.4 is 0 Å². The third-order valence-electron chi connectivity index (χ3n) is 2.42. The van der Waals surface area contributed by atoms with Gasteiger partial charge in [-0.1, -0.05) is 48.0 Å². The van der Waals surface area contributed by atoms with E-state index in [9.17, 15) is 4.79 Å². The standard InChI is InChI=1S/C14H11ClO2/c15-13-7-10(8-14(16)17)6-12(9-13)11-4-2-1-3-5-11/h1-7,9H,8H2,(H,16,17). The summed E-state index contributed by atoms with van der Waals surface area (Å²) in [5.41, 5.74) is 2.68. The van der Waals surface area contributed by atoms with Crippen molar-refractivity contribution in [1.29, 1.82) is 0 Å². The zero-order valence-corrected chi connectivity index (χ0v) is 9.82. The van der Waals surface area contributed by atoms with E-state index in [4.69, 9.17) is 16.7 Å². The molecule has 0 unspecified atom stereocenters. The smallest absolute Gasteiger partial charge is 0.307 e. The maximum atomic E-state index is 10.7. The van der Waals surface area contributed by atoms with E-state index in [1.54, 1.807) is 6.07 Å². The van der Waals surface area contributed by atoms with Crippen LogP contribution in [-0.2, 0) is 11.2 Å². The van der Waals surface area contributed by atoms with Gasteiger partial charge in [0.05, 0.1) is 6.42 Å². The fraction of sp³-hybridized carbons (Fsp3) is 0.0714. The van der Waals surface area contributed by atoms with Crippen LogP contribution in [0.1, 0.15) is 5.56 Å². The van der Waals surface area contributed by atoms with Gasteiger partial charge in [-0.2, -0.15) is 0 Å². The second-order valence-electron chi connectivity index (χ2n) is 3.78. The molecule has 2 rings (SSSR count). The number of rotatable bonds is 3.